The zero-order valence-corrected chi connectivity index (χ0v) is 11.3. The van der Waals surface area contributed by atoms with Gasteiger partial charge in [-0.25, -0.2) is 0 Å². The van der Waals surface area contributed by atoms with E-state index in [9.17, 15) is 0 Å². The number of rotatable bonds is 2. The van der Waals surface area contributed by atoms with Crippen LogP contribution in [-0.2, 0) is 9.47 Å². The number of anilines is 1. The molecule has 0 aliphatic carbocycles. The molecule has 1 fully saturated rings. The first-order valence-electron chi connectivity index (χ1n) is 6.56. The summed E-state index contributed by atoms with van der Waals surface area (Å²) >= 11 is 0. The molecule has 1 aromatic carbocycles. The van der Waals surface area contributed by atoms with Gasteiger partial charge >= 0.3 is 0 Å². The molecule has 0 radical (unpaired) electrons. The van der Waals surface area contributed by atoms with Gasteiger partial charge in [0.05, 0.1) is 19.3 Å². The van der Waals surface area contributed by atoms with Crippen molar-refractivity contribution < 1.29 is 18.9 Å². The van der Waals surface area contributed by atoms with Crippen LogP contribution in [-0.4, -0.2) is 38.3 Å². The maximum atomic E-state index is 5.62. The normalized spacial score (nSPS) is 22.0. The van der Waals surface area contributed by atoms with E-state index >= 15 is 0 Å². The average molecular weight is 265 g/mol. The van der Waals surface area contributed by atoms with E-state index in [2.05, 4.69) is 5.32 Å². The summed E-state index contributed by atoms with van der Waals surface area (Å²) in [5.41, 5.74) is 0.987. The highest BCUT2D eigenvalue weighted by Crippen LogP contribution is 2.33. The molecule has 104 valence electrons. The maximum absolute atomic E-state index is 5.62. The summed E-state index contributed by atoms with van der Waals surface area (Å²) in [6.45, 7) is 6.31. The number of ether oxygens (including phenoxy) is 4. The van der Waals surface area contributed by atoms with Crippen LogP contribution >= 0.6 is 0 Å². The van der Waals surface area contributed by atoms with Gasteiger partial charge in [-0.3, -0.25) is 0 Å². The van der Waals surface area contributed by atoms with Gasteiger partial charge in [0.1, 0.15) is 13.2 Å². The molecule has 1 aromatic rings. The lowest BCUT2D eigenvalue weighted by molar-refractivity contribution is -0.247. The standard InChI is InChI=1S/C14H19NO4/c1-14(2)18-8-11(9-19-14)15-10-3-4-12-13(7-10)17-6-5-16-12/h3-4,7,11,15H,5-6,8-9H2,1-2H3. The molecule has 1 N–H and O–H groups in total. The van der Waals surface area contributed by atoms with Crippen molar-refractivity contribution in [3.05, 3.63) is 18.2 Å². The molecule has 0 amide bonds. The van der Waals surface area contributed by atoms with E-state index in [-0.39, 0.29) is 6.04 Å². The van der Waals surface area contributed by atoms with Gasteiger partial charge in [0.15, 0.2) is 17.3 Å². The van der Waals surface area contributed by atoms with Crippen LogP contribution in [0, 0.1) is 0 Å². The predicted octanol–water partition coefficient (Wildman–Crippen LogP) is 2.02. The first-order valence-corrected chi connectivity index (χ1v) is 6.56. The van der Waals surface area contributed by atoms with Crippen molar-refractivity contribution in [1.82, 2.24) is 0 Å². The lowest BCUT2D eigenvalue weighted by atomic mass is 10.2. The first-order chi connectivity index (χ1) is 9.12. The number of fused-ring (bicyclic) bond motifs is 1. The lowest BCUT2D eigenvalue weighted by Crippen LogP contribution is -2.45. The van der Waals surface area contributed by atoms with Crippen molar-refractivity contribution in [3.8, 4) is 11.5 Å². The summed E-state index contributed by atoms with van der Waals surface area (Å²) in [6.07, 6.45) is 0. The van der Waals surface area contributed by atoms with Crippen LogP contribution in [0.5, 0.6) is 11.5 Å². The summed E-state index contributed by atoms with van der Waals surface area (Å²) in [5, 5.41) is 3.38. The Hall–Kier alpha value is -1.46. The Morgan fingerprint density at radius 1 is 1.05 bits per heavy atom. The molecule has 2 heterocycles. The zero-order chi connectivity index (χ0) is 13.3. The molecule has 19 heavy (non-hydrogen) atoms. The highest BCUT2D eigenvalue weighted by atomic mass is 16.7. The summed E-state index contributed by atoms with van der Waals surface area (Å²) in [4.78, 5) is 0. The molecule has 0 spiro atoms. The summed E-state index contributed by atoms with van der Waals surface area (Å²) < 4.78 is 22.3. The summed E-state index contributed by atoms with van der Waals surface area (Å²) in [7, 11) is 0. The molecule has 0 bridgehead atoms. The van der Waals surface area contributed by atoms with Gasteiger partial charge in [0.25, 0.3) is 0 Å². The molecule has 3 rings (SSSR count). The maximum Gasteiger partial charge on any atom is 0.163 e. The number of nitrogens with one attached hydrogen (secondary N) is 1. The molecule has 0 atom stereocenters. The molecule has 2 aliphatic rings. The van der Waals surface area contributed by atoms with Crippen molar-refractivity contribution in [1.29, 1.82) is 0 Å². The van der Waals surface area contributed by atoms with E-state index in [1.165, 1.54) is 0 Å². The molecule has 5 nitrogen and oxygen atoms in total. The summed E-state index contributed by atoms with van der Waals surface area (Å²) in [5.74, 6) is 1.11. The first kappa shape index (κ1) is 12.6. The summed E-state index contributed by atoms with van der Waals surface area (Å²) in [6, 6.07) is 6.00. The van der Waals surface area contributed by atoms with Gasteiger partial charge in [-0.05, 0) is 26.0 Å². The molecule has 0 aromatic heterocycles. The van der Waals surface area contributed by atoms with Gasteiger partial charge in [-0.15, -0.1) is 0 Å². The van der Waals surface area contributed by atoms with E-state index < -0.39 is 5.79 Å². The monoisotopic (exact) mass is 265 g/mol. The minimum atomic E-state index is -0.481. The van der Waals surface area contributed by atoms with Gasteiger partial charge in [0.2, 0.25) is 0 Å². The Kier molecular flexibility index (Phi) is 3.24. The molecule has 5 heteroatoms. The SMILES string of the molecule is CC1(C)OCC(Nc2ccc3c(c2)OCCO3)CO1. The van der Waals surface area contributed by atoms with Gasteiger partial charge in [0, 0.05) is 11.8 Å². The Bertz CT molecular complexity index is 451. The Labute approximate surface area is 112 Å². The van der Waals surface area contributed by atoms with E-state index in [1.807, 2.05) is 32.0 Å². The van der Waals surface area contributed by atoms with Crippen LogP contribution in [0.15, 0.2) is 18.2 Å². The van der Waals surface area contributed by atoms with Crippen molar-refractivity contribution in [2.45, 2.75) is 25.7 Å². The second-order valence-electron chi connectivity index (χ2n) is 5.22. The lowest BCUT2D eigenvalue weighted by Gasteiger charge is -2.35. The fourth-order valence-corrected chi connectivity index (χ4v) is 2.14. The average Bonchev–Trinajstić information content (AvgIpc) is 2.41. The van der Waals surface area contributed by atoms with Crippen LogP contribution in [0.2, 0.25) is 0 Å². The highest BCUT2D eigenvalue weighted by Gasteiger charge is 2.28. The van der Waals surface area contributed by atoms with Crippen LogP contribution in [0.1, 0.15) is 13.8 Å². The molecule has 0 saturated carbocycles. The van der Waals surface area contributed by atoms with E-state index in [0.29, 0.717) is 26.4 Å². The van der Waals surface area contributed by atoms with Crippen molar-refractivity contribution >= 4 is 5.69 Å². The van der Waals surface area contributed by atoms with Crippen LogP contribution < -0.4 is 14.8 Å². The van der Waals surface area contributed by atoms with Gasteiger partial charge in [-0.1, -0.05) is 0 Å². The van der Waals surface area contributed by atoms with Gasteiger partial charge < -0.3 is 24.3 Å². The van der Waals surface area contributed by atoms with E-state index in [1.54, 1.807) is 0 Å². The number of hydrogen-bond donors (Lipinski definition) is 1. The number of hydrogen-bond acceptors (Lipinski definition) is 5. The molecular weight excluding hydrogens is 246 g/mol. The fraction of sp³-hybridized carbons (Fsp3) is 0.571. The predicted molar refractivity (Wildman–Crippen MR) is 70.8 cm³/mol. The van der Waals surface area contributed by atoms with Crippen LogP contribution in [0.3, 0.4) is 0 Å². The van der Waals surface area contributed by atoms with Crippen molar-refractivity contribution in [2.24, 2.45) is 0 Å². The van der Waals surface area contributed by atoms with E-state index in [0.717, 1.165) is 17.2 Å². The third kappa shape index (κ3) is 2.93. The minimum absolute atomic E-state index is 0.149. The van der Waals surface area contributed by atoms with Crippen molar-refractivity contribution in [3.63, 3.8) is 0 Å². The highest BCUT2D eigenvalue weighted by molar-refractivity contribution is 5.55. The van der Waals surface area contributed by atoms with Crippen molar-refractivity contribution in [2.75, 3.05) is 31.7 Å². The van der Waals surface area contributed by atoms with Crippen LogP contribution in [0.4, 0.5) is 5.69 Å². The third-order valence-electron chi connectivity index (χ3n) is 3.18. The second kappa shape index (κ2) is 4.90. The Morgan fingerprint density at radius 2 is 1.74 bits per heavy atom. The Balaban J connectivity index is 1.64. The smallest absolute Gasteiger partial charge is 0.163 e. The molecular formula is C14H19NO4. The zero-order valence-electron chi connectivity index (χ0n) is 11.3. The Morgan fingerprint density at radius 3 is 2.47 bits per heavy atom. The second-order valence-corrected chi connectivity index (χ2v) is 5.22. The largest absolute Gasteiger partial charge is 0.486 e. The quantitative estimate of drug-likeness (QED) is 0.886. The minimum Gasteiger partial charge on any atom is -0.486 e. The van der Waals surface area contributed by atoms with Gasteiger partial charge in [-0.2, -0.15) is 0 Å². The third-order valence-corrected chi connectivity index (χ3v) is 3.18. The van der Waals surface area contributed by atoms with Crippen LogP contribution in [0.25, 0.3) is 0 Å². The molecule has 2 aliphatic heterocycles. The topological polar surface area (TPSA) is 49.0 Å². The van der Waals surface area contributed by atoms with E-state index in [4.69, 9.17) is 18.9 Å². The number of benzene rings is 1. The fourth-order valence-electron chi connectivity index (χ4n) is 2.14. The molecule has 1 saturated heterocycles. The molecule has 0 unspecified atom stereocenters.